The zero-order chi connectivity index (χ0) is 19.4. The lowest BCUT2D eigenvalue weighted by Gasteiger charge is -2.11. The van der Waals surface area contributed by atoms with Crippen LogP contribution in [0.3, 0.4) is 0 Å². The maximum Gasteiger partial charge on any atom is 0.274 e. The summed E-state index contributed by atoms with van der Waals surface area (Å²) < 4.78 is 27.5. The Morgan fingerprint density at radius 2 is 1.70 bits per heavy atom. The van der Waals surface area contributed by atoms with Gasteiger partial charge in [0.25, 0.3) is 5.91 Å². The predicted molar refractivity (Wildman–Crippen MR) is 99.6 cm³/mol. The lowest BCUT2D eigenvalue weighted by atomic mass is 10.1. The molecule has 3 rings (SSSR count). The summed E-state index contributed by atoms with van der Waals surface area (Å²) in [5.74, 6) is -1.61. The van der Waals surface area contributed by atoms with Crippen LogP contribution in [0, 0.1) is 25.5 Å². The summed E-state index contributed by atoms with van der Waals surface area (Å²) in [6, 6.07) is 12.7. The van der Waals surface area contributed by atoms with Crippen LogP contribution in [0.1, 0.15) is 27.4 Å². The first-order valence-corrected chi connectivity index (χ1v) is 8.33. The van der Waals surface area contributed by atoms with Crippen molar-refractivity contribution in [1.29, 1.82) is 0 Å². The highest BCUT2D eigenvalue weighted by Crippen LogP contribution is 2.19. The summed E-state index contributed by atoms with van der Waals surface area (Å²) in [4.78, 5) is 20.7. The van der Waals surface area contributed by atoms with Gasteiger partial charge in [-0.2, -0.15) is 0 Å². The van der Waals surface area contributed by atoms with Gasteiger partial charge < -0.3 is 10.6 Å². The second-order valence-electron chi connectivity index (χ2n) is 6.02. The second kappa shape index (κ2) is 7.90. The third-order valence-corrected chi connectivity index (χ3v) is 3.99. The van der Waals surface area contributed by atoms with E-state index < -0.39 is 23.2 Å². The second-order valence-corrected chi connectivity index (χ2v) is 6.02. The average Bonchev–Trinajstić information content (AvgIpc) is 2.63. The molecule has 2 N–H and O–H groups in total. The first-order chi connectivity index (χ1) is 12.9. The normalized spacial score (nSPS) is 10.5. The fourth-order valence-electron chi connectivity index (χ4n) is 2.56. The molecular weight excluding hydrogens is 350 g/mol. The topological polar surface area (TPSA) is 66.9 Å². The van der Waals surface area contributed by atoms with Crippen LogP contribution < -0.4 is 10.6 Å². The van der Waals surface area contributed by atoms with Crippen LogP contribution in [-0.4, -0.2) is 15.9 Å². The number of hydrogen-bond acceptors (Lipinski definition) is 4. The van der Waals surface area contributed by atoms with Crippen LogP contribution in [0.5, 0.6) is 0 Å². The van der Waals surface area contributed by atoms with E-state index in [9.17, 15) is 13.6 Å². The molecule has 0 radical (unpaired) electrons. The van der Waals surface area contributed by atoms with Crippen LogP contribution in [0.4, 0.5) is 20.3 Å². The zero-order valence-electron chi connectivity index (χ0n) is 14.9. The van der Waals surface area contributed by atoms with Gasteiger partial charge in [-0.15, -0.1) is 0 Å². The third kappa shape index (κ3) is 4.44. The number of benzene rings is 2. The predicted octanol–water partition coefficient (Wildman–Crippen LogP) is 4.24. The number of carbonyl (C=O) groups is 1. The van der Waals surface area contributed by atoms with E-state index in [4.69, 9.17) is 0 Å². The van der Waals surface area contributed by atoms with Crippen molar-refractivity contribution in [2.24, 2.45) is 0 Å². The molecule has 0 saturated carbocycles. The third-order valence-electron chi connectivity index (χ3n) is 3.99. The molecule has 0 aliphatic carbocycles. The van der Waals surface area contributed by atoms with Crippen molar-refractivity contribution in [2.75, 3.05) is 10.6 Å². The van der Waals surface area contributed by atoms with Gasteiger partial charge in [-0.25, -0.2) is 18.7 Å². The summed E-state index contributed by atoms with van der Waals surface area (Å²) in [5, 5.41) is 5.37. The Morgan fingerprint density at radius 1 is 1.00 bits per heavy atom. The lowest BCUT2D eigenvalue weighted by Crippen LogP contribution is -2.17. The molecule has 0 saturated heterocycles. The van der Waals surface area contributed by atoms with Crippen LogP contribution in [0.2, 0.25) is 0 Å². The number of aryl methyl sites for hydroxylation is 2. The summed E-state index contributed by atoms with van der Waals surface area (Å²) in [7, 11) is 0. The monoisotopic (exact) mass is 368 g/mol. The minimum Gasteiger partial charge on any atom is -0.366 e. The molecule has 0 spiro atoms. The smallest absolute Gasteiger partial charge is 0.274 e. The zero-order valence-corrected chi connectivity index (χ0v) is 14.9. The average molecular weight is 368 g/mol. The van der Waals surface area contributed by atoms with Crippen molar-refractivity contribution >= 4 is 17.4 Å². The Bertz CT molecular complexity index is 971. The molecule has 0 bridgehead atoms. The van der Waals surface area contributed by atoms with E-state index >= 15 is 0 Å². The lowest BCUT2D eigenvalue weighted by molar-refractivity contribution is 0.102. The molecule has 3 aromatic rings. The Balaban J connectivity index is 1.78. The molecule has 2 aromatic carbocycles. The van der Waals surface area contributed by atoms with E-state index in [-0.39, 0.29) is 5.69 Å². The SMILES string of the molecule is Cc1nc(NCc2ccccc2C)cc(C(=O)Nc2c(F)cccc2F)n1. The molecule has 0 atom stereocenters. The molecule has 1 heterocycles. The van der Waals surface area contributed by atoms with Crippen molar-refractivity contribution in [3.63, 3.8) is 0 Å². The highest BCUT2D eigenvalue weighted by atomic mass is 19.1. The Morgan fingerprint density at radius 3 is 2.41 bits per heavy atom. The summed E-state index contributed by atoms with van der Waals surface area (Å²) >= 11 is 0. The molecule has 1 amide bonds. The van der Waals surface area contributed by atoms with E-state index in [1.807, 2.05) is 31.2 Å². The van der Waals surface area contributed by atoms with Gasteiger partial charge >= 0.3 is 0 Å². The van der Waals surface area contributed by atoms with Gasteiger partial charge in [-0.3, -0.25) is 4.79 Å². The summed E-state index contributed by atoms with van der Waals surface area (Å²) in [6.45, 7) is 4.16. The van der Waals surface area contributed by atoms with Gasteiger partial charge in [0.1, 0.15) is 34.7 Å². The van der Waals surface area contributed by atoms with E-state index in [0.29, 0.717) is 18.2 Å². The van der Waals surface area contributed by atoms with Crippen molar-refractivity contribution in [3.8, 4) is 0 Å². The molecule has 5 nitrogen and oxygen atoms in total. The van der Waals surface area contributed by atoms with E-state index in [0.717, 1.165) is 23.3 Å². The summed E-state index contributed by atoms with van der Waals surface area (Å²) in [5.41, 5.74) is 1.72. The molecule has 27 heavy (non-hydrogen) atoms. The molecule has 0 fully saturated rings. The fraction of sp³-hybridized carbons (Fsp3) is 0.150. The van der Waals surface area contributed by atoms with Crippen LogP contribution in [0.15, 0.2) is 48.5 Å². The number of nitrogens with one attached hydrogen (secondary N) is 2. The van der Waals surface area contributed by atoms with E-state index in [2.05, 4.69) is 20.6 Å². The minimum atomic E-state index is -0.855. The molecule has 0 aliphatic rings. The van der Waals surface area contributed by atoms with Crippen molar-refractivity contribution in [3.05, 3.63) is 82.8 Å². The minimum absolute atomic E-state index is 0.0115. The van der Waals surface area contributed by atoms with Crippen molar-refractivity contribution in [1.82, 2.24) is 9.97 Å². The van der Waals surface area contributed by atoms with Gasteiger partial charge in [0.2, 0.25) is 0 Å². The number of aromatic nitrogens is 2. The first kappa shape index (κ1) is 18.4. The Hall–Kier alpha value is -3.35. The fourth-order valence-corrected chi connectivity index (χ4v) is 2.56. The largest absolute Gasteiger partial charge is 0.366 e. The number of hydrogen-bond donors (Lipinski definition) is 2. The number of rotatable bonds is 5. The quantitative estimate of drug-likeness (QED) is 0.707. The number of para-hydroxylation sites is 1. The molecule has 1 aromatic heterocycles. The molecule has 0 unspecified atom stereocenters. The van der Waals surface area contributed by atoms with Gasteiger partial charge in [-0.05, 0) is 37.1 Å². The highest BCUT2D eigenvalue weighted by Gasteiger charge is 2.16. The maximum atomic E-state index is 13.7. The van der Waals surface area contributed by atoms with Gasteiger partial charge in [0.05, 0.1) is 0 Å². The van der Waals surface area contributed by atoms with Crippen molar-refractivity contribution < 1.29 is 13.6 Å². The summed E-state index contributed by atoms with van der Waals surface area (Å²) in [6.07, 6.45) is 0. The standard InChI is InChI=1S/C20H18F2N4O/c1-12-6-3-4-7-14(12)11-23-18-10-17(24-13(2)25-18)20(27)26-19-15(21)8-5-9-16(19)22/h3-10H,11H2,1-2H3,(H,26,27)(H,23,24,25). The van der Waals surface area contributed by atoms with Crippen LogP contribution >= 0.6 is 0 Å². The van der Waals surface area contributed by atoms with Crippen LogP contribution in [-0.2, 0) is 6.54 Å². The molecular formula is C20H18F2N4O. The number of carbonyl (C=O) groups excluding carboxylic acids is 1. The molecule has 0 aliphatic heterocycles. The number of amides is 1. The first-order valence-electron chi connectivity index (χ1n) is 8.33. The van der Waals surface area contributed by atoms with E-state index in [1.165, 1.54) is 12.1 Å². The molecule has 138 valence electrons. The highest BCUT2D eigenvalue weighted by molar-refractivity contribution is 6.03. The number of halogens is 2. The molecule has 7 heteroatoms. The Kier molecular flexibility index (Phi) is 5.40. The van der Waals surface area contributed by atoms with E-state index in [1.54, 1.807) is 6.92 Å². The van der Waals surface area contributed by atoms with Gasteiger partial charge in [0.15, 0.2) is 0 Å². The number of nitrogens with zero attached hydrogens (tertiary/aromatic N) is 2. The maximum absolute atomic E-state index is 13.7. The van der Waals surface area contributed by atoms with Crippen molar-refractivity contribution in [2.45, 2.75) is 20.4 Å². The Labute approximate surface area is 155 Å². The van der Waals surface area contributed by atoms with Gasteiger partial charge in [0, 0.05) is 12.6 Å². The van der Waals surface area contributed by atoms with Crippen LogP contribution in [0.25, 0.3) is 0 Å². The van der Waals surface area contributed by atoms with Gasteiger partial charge in [-0.1, -0.05) is 30.3 Å². The number of anilines is 2.